The van der Waals surface area contributed by atoms with E-state index >= 15 is 0 Å². The predicted octanol–water partition coefficient (Wildman–Crippen LogP) is 1.95. The molecule has 3 aliphatic rings. The van der Waals surface area contributed by atoms with Crippen LogP contribution in [0.1, 0.15) is 25.7 Å². The third-order valence-corrected chi connectivity index (χ3v) is 5.68. The number of nitrogens with zero attached hydrogens (tertiary/aromatic N) is 1. The molecular formula is C14H24N2O2S. The SMILES string of the molecule is O=C(NCCSCC1CC1)N1CCC2(CCOC2)C1. The van der Waals surface area contributed by atoms with Crippen LogP contribution in [-0.2, 0) is 4.74 Å². The molecule has 3 fully saturated rings. The van der Waals surface area contributed by atoms with Crippen LogP contribution in [-0.4, -0.2) is 55.3 Å². The number of hydrogen-bond donors (Lipinski definition) is 1. The van der Waals surface area contributed by atoms with Crippen LogP contribution in [0, 0.1) is 11.3 Å². The average molecular weight is 284 g/mol. The molecule has 0 radical (unpaired) electrons. The predicted molar refractivity (Wildman–Crippen MR) is 77.5 cm³/mol. The van der Waals surface area contributed by atoms with Crippen molar-refractivity contribution in [1.82, 2.24) is 10.2 Å². The molecule has 1 spiro atoms. The van der Waals surface area contributed by atoms with Gasteiger partial charge in [0.25, 0.3) is 0 Å². The van der Waals surface area contributed by atoms with Crippen LogP contribution in [0.4, 0.5) is 4.79 Å². The Morgan fingerprint density at radius 3 is 3.05 bits per heavy atom. The summed E-state index contributed by atoms with van der Waals surface area (Å²) in [5, 5.41) is 3.05. The first-order chi connectivity index (χ1) is 9.27. The highest BCUT2D eigenvalue weighted by Gasteiger charge is 2.42. The van der Waals surface area contributed by atoms with Crippen molar-refractivity contribution in [1.29, 1.82) is 0 Å². The zero-order valence-electron chi connectivity index (χ0n) is 11.5. The van der Waals surface area contributed by atoms with Gasteiger partial charge in [-0.1, -0.05) is 0 Å². The Morgan fingerprint density at radius 2 is 2.32 bits per heavy atom. The minimum Gasteiger partial charge on any atom is -0.381 e. The molecule has 4 nitrogen and oxygen atoms in total. The molecule has 0 bridgehead atoms. The maximum atomic E-state index is 12.1. The molecule has 108 valence electrons. The van der Waals surface area contributed by atoms with Gasteiger partial charge in [-0.3, -0.25) is 0 Å². The van der Waals surface area contributed by atoms with Gasteiger partial charge in [0.1, 0.15) is 0 Å². The number of likely N-dealkylation sites (tertiary alicyclic amines) is 1. The van der Waals surface area contributed by atoms with Crippen molar-refractivity contribution in [3.05, 3.63) is 0 Å². The molecule has 1 aliphatic carbocycles. The van der Waals surface area contributed by atoms with Crippen LogP contribution in [0.5, 0.6) is 0 Å². The van der Waals surface area contributed by atoms with Gasteiger partial charge in [0.15, 0.2) is 0 Å². The van der Waals surface area contributed by atoms with Crippen LogP contribution < -0.4 is 5.32 Å². The molecule has 1 unspecified atom stereocenters. The molecule has 5 heteroatoms. The van der Waals surface area contributed by atoms with E-state index in [1.165, 1.54) is 18.6 Å². The normalized spacial score (nSPS) is 30.2. The average Bonchev–Trinajstić information content (AvgIpc) is 2.98. The lowest BCUT2D eigenvalue weighted by Gasteiger charge is -2.22. The second-order valence-electron chi connectivity index (χ2n) is 6.22. The van der Waals surface area contributed by atoms with Crippen molar-refractivity contribution in [2.24, 2.45) is 11.3 Å². The molecular weight excluding hydrogens is 260 g/mol. The summed E-state index contributed by atoms with van der Waals surface area (Å²) in [7, 11) is 0. The summed E-state index contributed by atoms with van der Waals surface area (Å²) < 4.78 is 5.49. The fraction of sp³-hybridized carbons (Fsp3) is 0.929. The first-order valence-electron chi connectivity index (χ1n) is 7.46. The number of carbonyl (C=O) groups is 1. The number of carbonyl (C=O) groups excluding carboxylic acids is 1. The van der Waals surface area contributed by atoms with Gasteiger partial charge in [0.05, 0.1) is 6.61 Å². The first-order valence-corrected chi connectivity index (χ1v) is 8.61. The molecule has 0 aromatic heterocycles. The maximum Gasteiger partial charge on any atom is 0.317 e. The second kappa shape index (κ2) is 5.92. The quantitative estimate of drug-likeness (QED) is 0.785. The Bertz CT molecular complexity index is 327. The monoisotopic (exact) mass is 284 g/mol. The summed E-state index contributed by atoms with van der Waals surface area (Å²) in [5.41, 5.74) is 0.276. The first kappa shape index (κ1) is 13.6. The van der Waals surface area contributed by atoms with E-state index in [9.17, 15) is 4.79 Å². The van der Waals surface area contributed by atoms with E-state index in [1.807, 2.05) is 16.7 Å². The third kappa shape index (κ3) is 3.57. The van der Waals surface area contributed by atoms with Crippen molar-refractivity contribution in [2.45, 2.75) is 25.7 Å². The van der Waals surface area contributed by atoms with Crippen LogP contribution in [0.3, 0.4) is 0 Å². The Hall–Kier alpha value is -0.420. The van der Waals surface area contributed by atoms with E-state index in [-0.39, 0.29) is 11.4 Å². The van der Waals surface area contributed by atoms with Crippen molar-refractivity contribution in [3.8, 4) is 0 Å². The summed E-state index contributed by atoms with van der Waals surface area (Å²) >= 11 is 1.97. The molecule has 2 saturated heterocycles. The molecule has 0 aromatic rings. The van der Waals surface area contributed by atoms with Gasteiger partial charge in [0, 0.05) is 37.4 Å². The fourth-order valence-electron chi connectivity index (χ4n) is 2.96. The van der Waals surface area contributed by atoms with Crippen molar-refractivity contribution < 1.29 is 9.53 Å². The molecule has 3 rings (SSSR count). The van der Waals surface area contributed by atoms with Crippen LogP contribution in [0.25, 0.3) is 0 Å². The van der Waals surface area contributed by atoms with E-state index in [0.717, 1.165) is 57.4 Å². The van der Waals surface area contributed by atoms with Gasteiger partial charge in [0.2, 0.25) is 0 Å². The largest absolute Gasteiger partial charge is 0.381 e. The van der Waals surface area contributed by atoms with Crippen molar-refractivity contribution in [2.75, 3.05) is 44.4 Å². The standard InChI is InChI=1S/C14H24N2O2S/c17-13(15-5-8-19-9-12-1-2-12)16-6-3-14(10-16)4-7-18-11-14/h12H,1-11H2,(H,15,17). The summed E-state index contributed by atoms with van der Waals surface area (Å²) in [6.07, 6.45) is 5.06. The van der Waals surface area contributed by atoms with Gasteiger partial charge < -0.3 is 15.0 Å². The van der Waals surface area contributed by atoms with Gasteiger partial charge in [-0.25, -0.2) is 4.79 Å². The van der Waals surface area contributed by atoms with Gasteiger partial charge in [-0.05, 0) is 37.4 Å². The zero-order chi connectivity index (χ0) is 13.1. The molecule has 2 heterocycles. The Kier molecular flexibility index (Phi) is 4.22. The van der Waals surface area contributed by atoms with E-state index in [0.29, 0.717) is 0 Å². The number of hydrogen-bond acceptors (Lipinski definition) is 3. The number of amides is 2. The topological polar surface area (TPSA) is 41.6 Å². The van der Waals surface area contributed by atoms with E-state index in [2.05, 4.69) is 5.32 Å². The summed E-state index contributed by atoms with van der Waals surface area (Å²) in [6.45, 7) is 4.29. The van der Waals surface area contributed by atoms with E-state index < -0.39 is 0 Å². The number of thioether (sulfide) groups is 1. The molecule has 0 aromatic carbocycles. The maximum absolute atomic E-state index is 12.1. The Labute approximate surface area is 119 Å². The third-order valence-electron chi connectivity index (χ3n) is 4.48. The number of ether oxygens (including phenoxy) is 1. The van der Waals surface area contributed by atoms with Crippen molar-refractivity contribution in [3.63, 3.8) is 0 Å². The smallest absolute Gasteiger partial charge is 0.317 e. The Balaban J connectivity index is 1.31. The molecule has 19 heavy (non-hydrogen) atoms. The molecule has 1 saturated carbocycles. The summed E-state index contributed by atoms with van der Waals surface area (Å²) in [6, 6.07) is 0.121. The van der Waals surface area contributed by atoms with Crippen LogP contribution in [0.2, 0.25) is 0 Å². The van der Waals surface area contributed by atoms with Gasteiger partial charge in [-0.2, -0.15) is 11.8 Å². The van der Waals surface area contributed by atoms with Gasteiger partial charge >= 0.3 is 6.03 Å². The Morgan fingerprint density at radius 1 is 1.42 bits per heavy atom. The molecule has 2 amide bonds. The van der Waals surface area contributed by atoms with Gasteiger partial charge in [-0.15, -0.1) is 0 Å². The number of urea groups is 1. The van der Waals surface area contributed by atoms with E-state index in [1.54, 1.807) is 0 Å². The van der Waals surface area contributed by atoms with Crippen LogP contribution in [0.15, 0.2) is 0 Å². The lowest BCUT2D eigenvalue weighted by molar-refractivity contribution is 0.152. The highest BCUT2D eigenvalue weighted by atomic mass is 32.2. The van der Waals surface area contributed by atoms with Crippen molar-refractivity contribution >= 4 is 17.8 Å². The van der Waals surface area contributed by atoms with E-state index in [4.69, 9.17) is 4.74 Å². The number of nitrogens with one attached hydrogen (secondary N) is 1. The van der Waals surface area contributed by atoms with Crippen LogP contribution >= 0.6 is 11.8 Å². The highest BCUT2D eigenvalue weighted by Crippen LogP contribution is 2.38. The summed E-state index contributed by atoms with van der Waals surface area (Å²) in [5.74, 6) is 3.30. The lowest BCUT2D eigenvalue weighted by Crippen LogP contribution is -2.40. The minimum atomic E-state index is 0.121. The molecule has 2 aliphatic heterocycles. The zero-order valence-corrected chi connectivity index (χ0v) is 12.3. The molecule has 1 N–H and O–H groups in total. The molecule has 1 atom stereocenters. The lowest BCUT2D eigenvalue weighted by atomic mass is 9.87. The summed E-state index contributed by atoms with van der Waals surface area (Å²) in [4.78, 5) is 14.0. The highest BCUT2D eigenvalue weighted by molar-refractivity contribution is 7.99. The number of rotatable bonds is 5. The fourth-order valence-corrected chi connectivity index (χ4v) is 4.04. The second-order valence-corrected chi connectivity index (χ2v) is 7.37. The minimum absolute atomic E-state index is 0.121.